The Bertz CT molecular complexity index is 587. The smallest absolute Gasteiger partial charge is 0.278 e. The van der Waals surface area contributed by atoms with E-state index in [2.05, 4.69) is 9.97 Å². The van der Waals surface area contributed by atoms with Gasteiger partial charge in [-0.1, -0.05) is 19.1 Å². The zero-order valence-electron chi connectivity index (χ0n) is 8.99. The molecule has 1 N–H and O–H groups in total. The highest BCUT2D eigenvalue weighted by Gasteiger charge is 2.12. The lowest BCUT2D eigenvalue weighted by Crippen LogP contribution is -2.20. The normalized spacial score (nSPS) is 10.6. The van der Waals surface area contributed by atoms with Crippen LogP contribution < -0.4 is 5.56 Å². The Labute approximate surface area is 92.3 Å². The van der Waals surface area contributed by atoms with Gasteiger partial charge in [-0.3, -0.25) is 9.59 Å². The van der Waals surface area contributed by atoms with E-state index in [1.165, 1.54) is 0 Å². The number of carbonyl (C=O) groups is 1. The molecule has 0 unspecified atom stereocenters. The van der Waals surface area contributed by atoms with E-state index in [1.54, 1.807) is 12.1 Å². The number of hydrogen-bond acceptors (Lipinski definition) is 3. The predicted octanol–water partition coefficient (Wildman–Crippen LogP) is 1.91. The number of carbonyl (C=O) groups excluding carboxylic acids is 1. The van der Waals surface area contributed by atoms with Gasteiger partial charge in [-0.2, -0.15) is 0 Å². The molecule has 0 saturated carbocycles. The van der Waals surface area contributed by atoms with Crippen molar-refractivity contribution < 1.29 is 4.79 Å². The summed E-state index contributed by atoms with van der Waals surface area (Å²) in [4.78, 5) is 30.0. The van der Waals surface area contributed by atoms with Crippen LogP contribution in [0.1, 0.15) is 30.3 Å². The van der Waals surface area contributed by atoms with Crippen LogP contribution in [0, 0.1) is 0 Å². The molecule has 2 aromatic rings. The van der Waals surface area contributed by atoms with E-state index < -0.39 is 5.56 Å². The van der Waals surface area contributed by atoms with Crippen LogP contribution in [0.3, 0.4) is 0 Å². The highest BCUT2D eigenvalue weighted by atomic mass is 16.1. The molecule has 4 heteroatoms. The number of fused-ring (bicyclic) bond motifs is 1. The van der Waals surface area contributed by atoms with Crippen LogP contribution in [0.4, 0.5) is 0 Å². The minimum absolute atomic E-state index is 0.0144. The standard InChI is InChI=1S/C12H12N2O2/c1-2-5-10(15)11-12(16)14-9-7-4-3-6-8(9)13-11/h3-4,6-7H,2,5H2,1H3,(H,14,16). The molecule has 1 heterocycles. The van der Waals surface area contributed by atoms with E-state index in [-0.39, 0.29) is 11.5 Å². The first-order valence-corrected chi connectivity index (χ1v) is 5.24. The average Bonchev–Trinajstić information content (AvgIpc) is 2.28. The van der Waals surface area contributed by atoms with E-state index in [9.17, 15) is 9.59 Å². The molecule has 4 nitrogen and oxygen atoms in total. The first kappa shape index (κ1) is 10.5. The third kappa shape index (κ3) is 1.86. The number of aromatic amines is 1. The van der Waals surface area contributed by atoms with E-state index >= 15 is 0 Å². The van der Waals surface area contributed by atoms with Gasteiger partial charge >= 0.3 is 0 Å². The molecule has 82 valence electrons. The van der Waals surface area contributed by atoms with Gasteiger partial charge in [0.1, 0.15) is 0 Å². The van der Waals surface area contributed by atoms with Gasteiger partial charge in [-0.05, 0) is 18.6 Å². The molecular weight excluding hydrogens is 204 g/mol. The van der Waals surface area contributed by atoms with Crippen LogP contribution in [0.2, 0.25) is 0 Å². The van der Waals surface area contributed by atoms with E-state index in [1.807, 2.05) is 19.1 Å². The lowest BCUT2D eigenvalue weighted by molar-refractivity contribution is 0.0975. The third-order valence-corrected chi connectivity index (χ3v) is 2.34. The monoisotopic (exact) mass is 216 g/mol. The number of para-hydroxylation sites is 2. The van der Waals surface area contributed by atoms with Gasteiger partial charge in [0.2, 0.25) is 0 Å². The lowest BCUT2D eigenvalue weighted by Gasteiger charge is -2.00. The summed E-state index contributed by atoms with van der Waals surface area (Å²) in [5, 5.41) is 0. The number of rotatable bonds is 3. The summed E-state index contributed by atoms with van der Waals surface area (Å²) in [7, 11) is 0. The van der Waals surface area contributed by atoms with Crippen LogP contribution in [0.15, 0.2) is 29.1 Å². The summed E-state index contributed by atoms with van der Waals surface area (Å²) >= 11 is 0. The average molecular weight is 216 g/mol. The number of aromatic nitrogens is 2. The van der Waals surface area contributed by atoms with Crippen LogP contribution >= 0.6 is 0 Å². The molecule has 0 aliphatic rings. The number of nitrogens with zero attached hydrogens (tertiary/aromatic N) is 1. The molecule has 1 aromatic heterocycles. The van der Waals surface area contributed by atoms with Crippen molar-refractivity contribution in [2.24, 2.45) is 0 Å². The third-order valence-electron chi connectivity index (χ3n) is 2.34. The van der Waals surface area contributed by atoms with Crippen molar-refractivity contribution in [2.45, 2.75) is 19.8 Å². The molecule has 0 bridgehead atoms. The fourth-order valence-electron chi connectivity index (χ4n) is 1.56. The minimum Gasteiger partial charge on any atom is -0.319 e. The quantitative estimate of drug-likeness (QED) is 0.797. The number of nitrogens with one attached hydrogen (secondary N) is 1. The first-order chi connectivity index (χ1) is 7.72. The highest BCUT2D eigenvalue weighted by Crippen LogP contribution is 2.07. The number of hydrogen-bond donors (Lipinski definition) is 1. The molecule has 0 fully saturated rings. The van der Waals surface area contributed by atoms with Gasteiger partial charge in [0.05, 0.1) is 11.0 Å². The SMILES string of the molecule is CCCC(=O)c1nc2ccccc2[nH]c1=O. The molecule has 0 aliphatic heterocycles. The molecule has 1 aromatic carbocycles. The van der Waals surface area contributed by atoms with Crippen molar-refractivity contribution in [2.75, 3.05) is 0 Å². The fourth-order valence-corrected chi connectivity index (χ4v) is 1.56. The molecule has 0 radical (unpaired) electrons. The van der Waals surface area contributed by atoms with Crippen LogP contribution in [0.5, 0.6) is 0 Å². The fraction of sp³-hybridized carbons (Fsp3) is 0.250. The van der Waals surface area contributed by atoms with Crippen molar-refractivity contribution in [3.8, 4) is 0 Å². The molecule has 0 aliphatic carbocycles. The molecule has 0 atom stereocenters. The molecule has 0 saturated heterocycles. The Balaban J connectivity index is 2.58. The number of benzene rings is 1. The van der Waals surface area contributed by atoms with Crippen LogP contribution in [0.25, 0.3) is 11.0 Å². The topological polar surface area (TPSA) is 62.8 Å². The maximum atomic E-state index is 11.6. The first-order valence-electron chi connectivity index (χ1n) is 5.24. The Morgan fingerprint density at radius 3 is 2.88 bits per heavy atom. The Morgan fingerprint density at radius 2 is 2.12 bits per heavy atom. The van der Waals surface area contributed by atoms with Crippen molar-refractivity contribution in [3.05, 3.63) is 40.3 Å². The zero-order chi connectivity index (χ0) is 11.5. The summed E-state index contributed by atoms with van der Waals surface area (Å²) in [6, 6.07) is 7.17. The van der Waals surface area contributed by atoms with Gasteiger partial charge in [0.25, 0.3) is 5.56 Å². The molecule has 16 heavy (non-hydrogen) atoms. The Hall–Kier alpha value is -1.97. The Morgan fingerprint density at radius 1 is 1.38 bits per heavy atom. The van der Waals surface area contributed by atoms with Gasteiger partial charge < -0.3 is 4.98 Å². The summed E-state index contributed by atoms with van der Waals surface area (Å²) in [5.41, 5.74) is 0.903. The van der Waals surface area contributed by atoms with Gasteiger partial charge in [-0.25, -0.2) is 4.98 Å². The summed E-state index contributed by atoms with van der Waals surface area (Å²) < 4.78 is 0. The maximum absolute atomic E-state index is 11.6. The van der Waals surface area contributed by atoms with Crippen LogP contribution in [-0.4, -0.2) is 15.8 Å². The van der Waals surface area contributed by atoms with Crippen molar-refractivity contribution in [3.63, 3.8) is 0 Å². The zero-order valence-corrected chi connectivity index (χ0v) is 8.99. The van der Waals surface area contributed by atoms with Crippen molar-refractivity contribution in [1.29, 1.82) is 0 Å². The van der Waals surface area contributed by atoms with E-state index in [0.717, 1.165) is 0 Å². The molecule has 2 rings (SSSR count). The lowest BCUT2D eigenvalue weighted by atomic mass is 10.2. The second kappa shape index (κ2) is 4.26. The van der Waals surface area contributed by atoms with Gasteiger partial charge in [0.15, 0.2) is 11.5 Å². The second-order valence-electron chi connectivity index (χ2n) is 3.60. The summed E-state index contributed by atoms with van der Waals surface area (Å²) in [5.74, 6) is -0.200. The summed E-state index contributed by atoms with van der Waals surface area (Å²) in [6.07, 6.45) is 1.07. The van der Waals surface area contributed by atoms with Crippen molar-refractivity contribution in [1.82, 2.24) is 9.97 Å². The minimum atomic E-state index is -0.405. The number of ketones is 1. The number of Topliss-reactive ketones (excluding diaryl/α,β-unsaturated/α-hetero) is 1. The molecular formula is C12H12N2O2. The Kier molecular flexibility index (Phi) is 2.81. The van der Waals surface area contributed by atoms with Gasteiger partial charge in [0, 0.05) is 6.42 Å². The largest absolute Gasteiger partial charge is 0.319 e. The van der Waals surface area contributed by atoms with Crippen LogP contribution in [-0.2, 0) is 0 Å². The van der Waals surface area contributed by atoms with E-state index in [0.29, 0.717) is 23.9 Å². The van der Waals surface area contributed by atoms with E-state index in [4.69, 9.17) is 0 Å². The number of H-pyrrole nitrogens is 1. The molecule has 0 spiro atoms. The maximum Gasteiger partial charge on any atom is 0.278 e. The predicted molar refractivity (Wildman–Crippen MR) is 61.6 cm³/mol. The van der Waals surface area contributed by atoms with Gasteiger partial charge in [-0.15, -0.1) is 0 Å². The highest BCUT2D eigenvalue weighted by molar-refractivity contribution is 5.95. The van der Waals surface area contributed by atoms with Crippen molar-refractivity contribution >= 4 is 16.8 Å². The summed E-state index contributed by atoms with van der Waals surface area (Å²) in [6.45, 7) is 1.90. The second-order valence-corrected chi connectivity index (χ2v) is 3.60. The molecule has 0 amide bonds.